The maximum absolute atomic E-state index is 5.64. The molecule has 0 spiro atoms. The van der Waals surface area contributed by atoms with Crippen molar-refractivity contribution in [3.05, 3.63) is 78.9 Å². The molecule has 116 valence electrons. The summed E-state index contributed by atoms with van der Waals surface area (Å²) in [5.41, 5.74) is 1.65. The molecule has 2 heterocycles. The van der Waals surface area contributed by atoms with Crippen molar-refractivity contribution in [3.8, 4) is 17.2 Å². The number of ether oxygens (including phenoxy) is 2. The highest BCUT2D eigenvalue weighted by Gasteiger charge is 2.08. The van der Waals surface area contributed by atoms with Crippen molar-refractivity contribution in [2.24, 2.45) is 0 Å². The predicted molar refractivity (Wildman–Crippen MR) is 91.5 cm³/mol. The Kier molecular flexibility index (Phi) is 4.79. The molecular weight excluding hydrogens is 288 g/mol. The van der Waals surface area contributed by atoms with Gasteiger partial charge < -0.3 is 13.9 Å². The maximum atomic E-state index is 5.64. The first kappa shape index (κ1) is 15.0. The summed E-state index contributed by atoms with van der Waals surface area (Å²) in [7, 11) is 0. The molecule has 3 heteroatoms. The van der Waals surface area contributed by atoms with Crippen LogP contribution in [0.2, 0.25) is 0 Å². The molecule has 0 atom stereocenters. The molecule has 0 aliphatic heterocycles. The Morgan fingerprint density at radius 2 is 1.43 bits per heavy atom. The molecule has 0 radical (unpaired) electrons. The number of para-hydroxylation sites is 2. The van der Waals surface area contributed by atoms with Gasteiger partial charge in [-0.05, 0) is 43.3 Å². The highest BCUT2D eigenvalue weighted by molar-refractivity contribution is 5.70. The lowest BCUT2D eigenvalue weighted by molar-refractivity contribution is 0.340. The summed E-state index contributed by atoms with van der Waals surface area (Å²) in [5.74, 6) is 2.56. The van der Waals surface area contributed by atoms with E-state index in [-0.39, 0.29) is 0 Å². The monoisotopic (exact) mass is 306 g/mol. The first-order chi connectivity index (χ1) is 11.3. The number of furan rings is 2. The van der Waals surface area contributed by atoms with Gasteiger partial charge in [-0.2, -0.15) is 0 Å². The minimum Gasteiger partial charge on any atom is -0.494 e. The van der Waals surface area contributed by atoms with Gasteiger partial charge in [0.25, 0.3) is 0 Å². The first-order valence-corrected chi connectivity index (χ1v) is 7.58. The van der Waals surface area contributed by atoms with Crippen LogP contribution >= 0.6 is 0 Å². The van der Waals surface area contributed by atoms with Crippen LogP contribution in [0.3, 0.4) is 0 Å². The van der Waals surface area contributed by atoms with Crippen molar-refractivity contribution in [2.45, 2.75) is 6.92 Å². The SMILES string of the molecule is CCOc1ccccc1.c1ccc(Oc2cc3ccc2o3)cc1. The Balaban J connectivity index is 0.000000151. The van der Waals surface area contributed by atoms with Crippen LogP contribution in [0.5, 0.6) is 17.2 Å². The van der Waals surface area contributed by atoms with E-state index in [4.69, 9.17) is 13.9 Å². The summed E-state index contributed by atoms with van der Waals surface area (Å²) < 4.78 is 16.2. The number of rotatable bonds is 4. The third-order valence-corrected chi connectivity index (χ3v) is 3.17. The predicted octanol–water partition coefficient (Wildman–Crippen LogP) is 5.75. The van der Waals surface area contributed by atoms with Crippen molar-refractivity contribution < 1.29 is 13.9 Å². The van der Waals surface area contributed by atoms with Gasteiger partial charge in [-0.1, -0.05) is 36.4 Å². The van der Waals surface area contributed by atoms with Gasteiger partial charge in [-0.3, -0.25) is 0 Å². The van der Waals surface area contributed by atoms with Gasteiger partial charge in [-0.15, -0.1) is 0 Å². The molecule has 0 N–H and O–H groups in total. The zero-order valence-corrected chi connectivity index (χ0v) is 12.9. The molecule has 0 aliphatic carbocycles. The zero-order chi connectivity index (χ0) is 15.9. The van der Waals surface area contributed by atoms with E-state index < -0.39 is 0 Å². The van der Waals surface area contributed by atoms with Crippen LogP contribution in [0, 0.1) is 0 Å². The Bertz CT molecular complexity index is 806. The van der Waals surface area contributed by atoms with E-state index in [1.807, 2.05) is 85.8 Å². The number of benzene rings is 3. The van der Waals surface area contributed by atoms with E-state index in [9.17, 15) is 0 Å². The topological polar surface area (TPSA) is 31.6 Å². The molecule has 2 aromatic heterocycles. The fourth-order valence-electron chi connectivity index (χ4n) is 2.14. The maximum Gasteiger partial charge on any atom is 0.173 e. The van der Waals surface area contributed by atoms with Crippen LogP contribution in [-0.4, -0.2) is 6.61 Å². The van der Waals surface area contributed by atoms with Crippen molar-refractivity contribution in [2.75, 3.05) is 6.61 Å². The smallest absolute Gasteiger partial charge is 0.173 e. The van der Waals surface area contributed by atoms with Gasteiger partial charge in [0.2, 0.25) is 0 Å². The number of fused-ring (bicyclic) bond motifs is 2. The Morgan fingerprint density at radius 1 is 0.783 bits per heavy atom. The van der Waals surface area contributed by atoms with Crippen LogP contribution in [0.25, 0.3) is 11.2 Å². The quantitative estimate of drug-likeness (QED) is 0.481. The number of hydrogen-bond acceptors (Lipinski definition) is 3. The molecule has 0 saturated carbocycles. The van der Waals surface area contributed by atoms with Crippen molar-refractivity contribution in [3.63, 3.8) is 0 Å². The summed E-state index contributed by atoms with van der Waals surface area (Å²) in [6.07, 6.45) is 0. The van der Waals surface area contributed by atoms with E-state index in [1.54, 1.807) is 0 Å². The molecular formula is C20H18O3. The Labute approximate surface area is 135 Å². The lowest BCUT2D eigenvalue weighted by Crippen LogP contribution is -1.89. The molecule has 0 unspecified atom stereocenters. The summed E-state index contributed by atoms with van der Waals surface area (Å²) in [6.45, 7) is 2.72. The van der Waals surface area contributed by atoms with E-state index in [1.165, 1.54) is 0 Å². The largest absolute Gasteiger partial charge is 0.494 e. The van der Waals surface area contributed by atoms with Crippen LogP contribution in [-0.2, 0) is 0 Å². The second-order valence-electron chi connectivity index (χ2n) is 4.87. The highest BCUT2D eigenvalue weighted by atomic mass is 16.5. The summed E-state index contributed by atoms with van der Waals surface area (Å²) in [5, 5.41) is 0. The second-order valence-corrected chi connectivity index (χ2v) is 4.87. The third kappa shape index (κ3) is 4.04. The first-order valence-electron chi connectivity index (χ1n) is 7.58. The van der Waals surface area contributed by atoms with Gasteiger partial charge in [-0.25, -0.2) is 0 Å². The zero-order valence-electron chi connectivity index (χ0n) is 12.9. The molecule has 4 aromatic rings. The van der Waals surface area contributed by atoms with Crippen LogP contribution in [0.1, 0.15) is 6.92 Å². The van der Waals surface area contributed by atoms with Crippen LogP contribution in [0.15, 0.2) is 83.3 Å². The van der Waals surface area contributed by atoms with E-state index in [2.05, 4.69) is 0 Å². The van der Waals surface area contributed by atoms with E-state index in [0.29, 0.717) is 0 Å². The van der Waals surface area contributed by atoms with Crippen LogP contribution < -0.4 is 9.47 Å². The minimum atomic E-state index is 0.740. The lowest BCUT2D eigenvalue weighted by atomic mass is 10.3. The van der Waals surface area contributed by atoms with E-state index >= 15 is 0 Å². The fourth-order valence-corrected chi connectivity index (χ4v) is 2.14. The van der Waals surface area contributed by atoms with Gasteiger partial charge >= 0.3 is 0 Å². The van der Waals surface area contributed by atoms with Gasteiger partial charge in [0.05, 0.1) is 6.61 Å². The highest BCUT2D eigenvalue weighted by Crippen LogP contribution is 2.32. The molecule has 0 amide bonds. The van der Waals surface area contributed by atoms with Gasteiger partial charge in [0.15, 0.2) is 11.3 Å². The second kappa shape index (κ2) is 7.36. The molecule has 0 aliphatic rings. The Morgan fingerprint density at radius 3 is 1.96 bits per heavy atom. The molecule has 4 rings (SSSR count). The van der Waals surface area contributed by atoms with E-state index in [0.717, 1.165) is 35.0 Å². The molecule has 2 bridgehead atoms. The average Bonchev–Trinajstić information content (AvgIpc) is 3.21. The molecule has 2 aromatic carbocycles. The molecule has 3 nitrogen and oxygen atoms in total. The average molecular weight is 306 g/mol. The number of hydrogen-bond donors (Lipinski definition) is 0. The van der Waals surface area contributed by atoms with Gasteiger partial charge in [0.1, 0.15) is 17.1 Å². The molecule has 23 heavy (non-hydrogen) atoms. The summed E-state index contributed by atoms with van der Waals surface area (Å²) in [6, 6.07) is 25.2. The fraction of sp³-hybridized carbons (Fsp3) is 0.100. The third-order valence-electron chi connectivity index (χ3n) is 3.17. The minimum absolute atomic E-state index is 0.740. The Hall–Kier alpha value is -2.94. The lowest BCUT2D eigenvalue weighted by Gasteiger charge is -2.01. The van der Waals surface area contributed by atoms with Crippen LogP contribution in [0.4, 0.5) is 0 Å². The summed E-state index contributed by atoms with van der Waals surface area (Å²) >= 11 is 0. The van der Waals surface area contributed by atoms with Crippen molar-refractivity contribution in [1.82, 2.24) is 0 Å². The van der Waals surface area contributed by atoms with Gasteiger partial charge in [0, 0.05) is 6.07 Å². The molecule has 0 fully saturated rings. The normalized spacial score (nSPS) is 10.1. The molecule has 0 saturated heterocycles. The van der Waals surface area contributed by atoms with Crippen molar-refractivity contribution >= 4 is 11.2 Å². The summed E-state index contributed by atoms with van der Waals surface area (Å²) in [4.78, 5) is 0. The standard InChI is InChI=1S/C12H8O2.C8H10O/c1-2-4-9(5-3-1)13-12-8-10-6-7-11(12)14-10;1-2-9-8-6-4-3-5-7-8/h1-8H;3-7H,2H2,1H3. The van der Waals surface area contributed by atoms with Crippen molar-refractivity contribution in [1.29, 1.82) is 0 Å².